The minimum Gasteiger partial charge on any atom is -0.384 e. The molecule has 1 fully saturated rings. The van der Waals surface area contributed by atoms with Gasteiger partial charge in [0.1, 0.15) is 0 Å². The van der Waals surface area contributed by atoms with Crippen LogP contribution >= 0.6 is 11.6 Å². The maximum atomic E-state index is 5.96. The lowest BCUT2D eigenvalue weighted by atomic mass is 10.2. The summed E-state index contributed by atoms with van der Waals surface area (Å²) < 4.78 is 0. The van der Waals surface area contributed by atoms with E-state index in [1.807, 2.05) is 18.2 Å². The summed E-state index contributed by atoms with van der Waals surface area (Å²) in [4.78, 5) is 4.93. The molecule has 1 aliphatic heterocycles. The molecule has 4 heteroatoms. The van der Waals surface area contributed by atoms with E-state index in [4.69, 9.17) is 11.6 Å². The molecule has 0 amide bonds. The van der Waals surface area contributed by atoms with Gasteiger partial charge in [0.05, 0.1) is 0 Å². The number of halogens is 1. The summed E-state index contributed by atoms with van der Waals surface area (Å²) in [5.74, 6) is 0. The van der Waals surface area contributed by atoms with Crippen molar-refractivity contribution in [3.05, 3.63) is 29.3 Å². The van der Waals surface area contributed by atoms with E-state index < -0.39 is 0 Å². The van der Waals surface area contributed by atoms with E-state index in [-0.39, 0.29) is 0 Å². The smallest absolute Gasteiger partial charge is 0.0426 e. The van der Waals surface area contributed by atoms with Crippen LogP contribution in [0, 0.1) is 0 Å². The van der Waals surface area contributed by atoms with Crippen LogP contribution in [-0.2, 0) is 0 Å². The number of rotatable bonds is 4. The molecule has 2 rings (SSSR count). The lowest BCUT2D eigenvalue weighted by molar-refractivity contribution is 0.104. The van der Waals surface area contributed by atoms with Crippen molar-refractivity contribution in [2.24, 2.45) is 0 Å². The number of benzene rings is 1. The van der Waals surface area contributed by atoms with Gasteiger partial charge in [-0.15, -0.1) is 0 Å². The Balaban J connectivity index is 1.75. The third-order valence-corrected chi connectivity index (χ3v) is 3.76. The van der Waals surface area contributed by atoms with Gasteiger partial charge in [-0.05, 0) is 32.2 Å². The van der Waals surface area contributed by atoms with Crippen molar-refractivity contribution >= 4 is 17.3 Å². The van der Waals surface area contributed by atoms with Gasteiger partial charge in [0.2, 0.25) is 0 Å². The summed E-state index contributed by atoms with van der Waals surface area (Å²) >= 11 is 5.96. The molecule has 18 heavy (non-hydrogen) atoms. The van der Waals surface area contributed by atoms with Gasteiger partial charge in [-0.3, -0.25) is 4.90 Å². The molecule has 1 saturated heterocycles. The molecule has 0 aromatic heterocycles. The first kappa shape index (κ1) is 13.7. The molecule has 1 aromatic rings. The standard InChI is InChI=1S/C14H22ClN3/c1-12-11-17(2)8-9-18(12)7-6-16-14-5-3-4-13(15)10-14/h3-5,10,12,16H,6-9,11H2,1-2H3. The predicted octanol–water partition coefficient (Wildman–Crippen LogP) is 2.39. The van der Waals surface area contributed by atoms with E-state index in [1.54, 1.807) is 0 Å². The highest BCUT2D eigenvalue weighted by molar-refractivity contribution is 6.30. The predicted molar refractivity (Wildman–Crippen MR) is 78.5 cm³/mol. The average Bonchev–Trinajstić information content (AvgIpc) is 2.32. The van der Waals surface area contributed by atoms with Gasteiger partial charge in [0.25, 0.3) is 0 Å². The van der Waals surface area contributed by atoms with Crippen LogP contribution in [-0.4, -0.2) is 55.6 Å². The Bertz CT molecular complexity index is 383. The minimum atomic E-state index is 0.643. The number of nitrogens with zero attached hydrogens (tertiary/aromatic N) is 2. The minimum absolute atomic E-state index is 0.643. The molecular formula is C14H22ClN3. The lowest BCUT2D eigenvalue weighted by Gasteiger charge is -2.38. The van der Waals surface area contributed by atoms with Crippen LogP contribution in [0.1, 0.15) is 6.92 Å². The molecule has 1 aliphatic rings. The fourth-order valence-electron chi connectivity index (χ4n) is 2.45. The summed E-state index contributed by atoms with van der Waals surface area (Å²) in [5.41, 5.74) is 1.10. The molecule has 1 N–H and O–H groups in total. The second kappa shape index (κ2) is 6.41. The molecule has 1 atom stereocenters. The largest absolute Gasteiger partial charge is 0.384 e. The quantitative estimate of drug-likeness (QED) is 0.904. The van der Waals surface area contributed by atoms with Gasteiger partial charge < -0.3 is 10.2 Å². The molecule has 0 spiro atoms. The normalized spacial score (nSPS) is 22.1. The van der Waals surface area contributed by atoms with Crippen LogP contribution in [0.25, 0.3) is 0 Å². The molecule has 0 bridgehead atoms. The molecule has 3 nitrogen and oxygen atoms in total. The van der Waals surface area contributed by atoms with Crippen LogP contribution in [0.5, 0.6) is 0 Å². The fourth-order valence-corrected chi connectivity index (χ4v) is 2.64. The van der Waals surface area contributed by atoms with E-state index in [1.165, 1.54) is 6.54 Å². The van der Waals surface area contributed by atoms with E-state index >= 15 is 0 Å². The van der Waals surface area contributed by atoms with Crippen molar-refractivity contribution in [1.82, 2.24) is 9.80 Å². The maximum Gasteiger partial charge on any atom is 0.0426 e. The monoisotopic (exact) mass is 267 g/mol. The number of piperazine rings is 1. The molecule has 0 radical (unpaired) electrons. The second-order valence-corrected chi connectivity index (χ2v) is 5.52. The molecule has 100 valence electrons. The Labute approximate surface area is 115 Å². The number of nitrogens with one attached hydrogen (secondary N) is 1. The third-order valence-electron chi connectivity index (χ3n) is 3.52. The second-order valence-electron chi connectivity index (χ2n) is 5.08. The van der Waals surface area contributed by atoms with Gasteiger partial charge in [0, 0.05) is 49.5 Å². The van der Waals surface area contributed by atoms with Crippen LogP contribution < -0.4 is 5.32 Å². The van der Waals surface area contributed by atoms with E-state index in [0.29, 0.717) is 6.04 Å². The van der Waals surface area contributed by atoms with Gasteiger partial charge in [-0.25, -0.2) is 0 Å². The number of hydrogen-bond donors (Lipinski definition) is 1. The van der Waals surface area contributed by atoms with Crippen molar-refractivity contribution in [2.45, 2.75) is 13.0 Å². The Morgan fingerprint density at radius 3 is 2.94 bits per heavy atom. The summed E-state index contributed by atoms with van der Waals surface area (Å²) in [6, 6.07) is 8.54. The summed E-state index contributed by atoms with van der Waals surface area (Å²) in [5, 5.41) is 4.21. The zero-order valence-corrected chi connectivity index (χ0v) is 12.0. The van der Waals surface area contributed by atoms with Crippen molar-refractivity contribution < 1.29 is 0 Å². The topological polar surface area (TPSA) is 18.5 Å². The first-order valence-electron chi connectivity index (χ1n) is 6.57. The fraction of sp³-hybridized carbons (Fsp3) is 0.571. The average molecular weight is 268 g/mol. The first-order chi connectivity index (χ1) is 8.65. The molecule has 1 aromatic carbocycles. The molecule has 1 heterocycles. The van der Waals surface area contributed by atoms with Gasteiger partial charge in [0.15, 0.2) is 0 Å². The van der Waals surface area contributed by atoms with E-state index in [9.17, 15) is 0 Å². The highest BCUT2D eigenvalue weighted by Gasteiger charge is 2.20. The molecule has 0 saturated carbocycles. The third kappa shape index (κ3) is 3.87. The van der Waals surface area contributed by atoms with Crippen LogP contribution in [0.4, 0.5) is 5.69 Å². The Hall–Kier alpha value is -0.770. The van der Waals surface area contributed by atoms with Gasteiger partial charge in [-0.1, -0.05) is 17.7 Å². The zero-order valence-electron chi connectivity index (χ0n) is 11.2. The number of hydrogen-bond acceptors (Lipinski definition) is 3. The van der Waals surface area contributed by atoms with E-state index in [0.717, 1.165) is 36.9 Å². The van der Waals surface area contributed by atoms with Crippen molar-refractivity contribution in [3.63, 3.8) is 0 Å². The van der Waals surface area contributed by atoms with Crippen LogP contribution in [0.2, 0.25) is 5.02 Å². The van der Waals surface area contributed by atoms with Gasteiger partial charge >= 0.3 is 0 Å². The molecule has 0 aliphatic carbocycles. The summed E-state index contributed by atoms with van der Waals surface area (Å²) in [6.45, 7) is 7.85. The highest BCUT2D eigenvalue weighted by atomic mass is 35.5. The Morgan fingerprint density at radius 2 is 2.22 bits per heavy atom. The SMILES string of the molecule is CC1CN(C)CCN1CCNc1cccc(Cl)c1. The Morgan fingerprint density at radius 1 is 1.39 bits per heavy atom. The number of likely N-dealkylation sites (N-methyl/N-ethyl adjacent to an activating group) is 1. The van der Waals surface area contributed by atoms with E-state index in [2.05, 4.69) is 35.2 Å². The summed E-state index contributed by atoms with van der Waals surface area (Å²) in [7, 11) is 2.19. The zero-order chi connectivity index (χ0) is 13.0. The van der Waals surface area contributed by atoms with Crippen molar-refractivity contribution in [1.29, 1.82) is 0 Å². The maximum absolute atomic E-state index is 5.96. The van der Waals surface area contributed by atoms with Gasteiger partial charge in [-0.2, -0.15) is 0 Å². The lowest BCUT2D eigenvalue weighted by Crippen LogP contribution is -2.51. The molecular weight excluding hydrogens is 246 g/mol. The van der Waals surface area contributed by atoms with Crippen molar-refractivity contribution in [2.75, 3.05) is 45.1 Å². The van der Waals surface area contributed by atoms with Crippen LogP contribution in [0.15, 0.2) is 24.3 Å². The summed E-state index contributed by atoms with van der Waals surface area (Å²) in [6.07, 6.45) is 0. The first-order valence-corrected chi connectivity index (χ1v) is 6.95. The highest BCUT2D eigenvalue weighted by Crippen LogP contribution is 2.14. The van der Waals surface area contributed by atoms with Crippen molar-refractivity contribution in [3.8, 4) is 0 Å². The molecule has 1 unspecified atom stereocenters. The Kier molecular flexibility index (Phi) is 4.87. The van der Waals surface area contributed by atoms with Crippen LogP contribution in [0.3, 0.4) is 0 Å². The number of anilines is 1.